The van der Waals surface area contributed by atoms with E-state index in [-0.39, 0.29) is 42.0 Å². The monoisotopic (exact) mass is 531 g/mol. The van der Waals surface area contributed by atoms with E-state index in [1.54, 1.807) is 6.07 Å². The first-order valence-corrected chi connectivity index (χ1v) is 11.7. The Balaban J connectivity index is 0.00000361. The van der Waals surface area contributed by atoms with Crippen molar-refractivity contribution in [2.45, 2.75) is 6.92 Å². The standard InChI is InChI=1S/C24H25N5O5S.ClH/c1-5-33-15-7-9-17-21(11-15)35-24(25-17)26-23(32)20-12-18(27-28-22(31)13-29(2,3)4)16-8-6-14(30)10-19(16)34-20;/h6-12H,5,13H2,1-4H3,(H2-,25,26,27,28,30,31,32);1H. The maximum Gasteiger partial charge on any atom is 0.295 e. The second-order valence-electron chi connectivity index (χ2n) is 8.81. The van der Waals surface area contributed by atoms with Crippen molar-refractivity contribution in [2.75, 3.05) is 39.6 Å². The highest BCUT2D eigenvalue weighted by atomic mass is 35.5. The van der Waals surface area contributed by atoms with Gasteiger partial charge in [-0.3, -0.25) is 14.9 Å². The number of phenolic OH excluding ortho intramolecular Hbond substituents is 1. The molecule has 36 heavy (non-hydrogen) atoms. The van der Waals surface area contributed by atoms with Gasteiger partial charge in [0, 0.05) is 17.5 Å². The number of nitrogens with zero attached hydrogens (tertiary/aromatic N) is 3. The third kappa shape index (κ3) is 6.51. The van der Waals surface area contributed by atoms with Gasteiger partial charge in [0.05, 0.1) is 43.3 Å². The number of amides is 2. The highest BCUT2D eigenvalue weighted by molar-refractivity contribution is 7.22. The molecule has 0 unspecified atom stereocenters. The molecule has 4 aromatic rings. The lowest BCUT2D eigenvalue weighted by Crippen LogP contribution is -3.00. The molecule has 2 amide bonds. The van der Waals surface area contributed by atoms with Crippen LogP contribution in [-0.2, 0) is 4.79 Å². The summed E-state index contributed by atoms with van der Waals surface area (Å²) in [5, 5.41) is 18.1. The molecule has 0 aliphatic rings. The third-order valence-electron chi connectivity index (χ3n) is 4.76. The van der Waals surface area contributed by atoms with E-state index in [0.717, 1.165) is 16.0 Å². The molecule has 0 radical (unpaired) electrons. The van der Waals surface area contributed by atoms with Gasteiger partial charge in [0.25, 0.3) is 11.8 Å². The van der Waals surface area contributed by atoms with Gasteiger partial charge < -0.3 is 31.2 Å². The molecule has 2 heterocycles. The number of carbonyl (C=O) groups excluding carboxylic acids is 2. The van der Waals surface area contributed by atoms with E-state index in [4.69, 9.17) is 9.15 Å². The number of halogens is 1. The zero-order valence-electron chi connectivity index (χ0n) is 20.2. The van der Waals surface area contributed by atoms with Crippen molar-refractivity contribution in [3.63, 3.8) is 0 Å². The Morgan fingerprint density at radius 1 is 1.17 bits per heavy atom. The highest BCUT2D eigenvalue weighted by Crippen LogP contribution is 2.29. The molecule has 12 heteroatoms. The zero-order chi connectivity index (χ0) is 25.2. The SMILES string of the molecule is CCOc1ccc2nc(NC(=O)c3cc(=NNC(=O)C[N+](C)(C)C)c4ccc(O)cc4o3)sc2c1.[Cl-]. The van der Waals surface area contributed by atoms with Gasteiger partial charge in [-0.2, -0.15) is 5.10 Å². The van der Waals surface area contributed by atoms with Crippen LogP contribution in [-0.4, -0.2) is 60.7 Å². The van der Waals surface area contributed by atoms with Crippen molar-refractivity contribution < 1.29 is 40.7 Å². The molecule has 0 bridgehead atoms. The number of hydrogen-bond acceptors (Lipinski definition) is 8. The number of carbonyl (C=O) groups is 2. The summed E-state index contributed by atoms with van der Waals surface area (Å²) in [6, 6.07) is 11.4. The van der Waals surface area contributed by atoms with E-state index in [2.05, 4.69) is 20.8 Å². The van der Waals surface area contributed by atoms with Gasteiger partial charge in [-0.05, 0) is 37.3 Å². The van der Waals surface area contributed by atoms with Crippen molar-refractivity contribution in [3.05, 3.63) is 53.6 Å². The minimum Gasteiger partial charge on any atom is -1.00 e. The van der Waals surface area contributed by atoms with Gasteiger partial charge in [-0.15, -0.1) is 0 Å². The second-order valence-corrected chi connectivity index (χ2v) is 9.84. The number of rotatable bonds is 7. The molecule has 0 aliphatic carbocycles. The molecule has 10 nitrogen and oxygen atoms in total. The summed E-state index contributed by atoms with van der Waals surface area (Å²) in [4.78, 5) is 29.7. The number of phenols is 1. The van der Waals surface area contributed by atoms with Crippen LogP contribution in [0.5, 0.6) is 11.5 Å². The largest absolute Gasteiger partial charge is 1.00 e. The van der Waals surface area contributed by atoms with E-state index >= 15 is 0 Å². The highest BCUT2D eigenvalue weighted by Gasteiger charge is 2.16. The molecule has 190 valence electrons. The van der Waals surface area contributed by atoms with Crippen molar-refractivity contribution in [1.29, 1.82) is 0 Å². The molecule has 0 atom stereocenters. The predicted molar refractivity (Wildman–Crippen MR) is 133 cm³/mol. The summed E-state index contributed by atoms with van der Waals surface area (Å²) in [5.74, 6) is -0.193. The predicted octanol–water partition coefficient (Wildman–Crippen LogP) is 0.0412. The summed E-state index contributed by atoms with van der Waals surface area (Å²) >= 11 is 1.30. The van der Waals surface area contributed by atoms with Gasteiger partial charge in [-0.1, -0.05) is 11.3 Å². The summed E-state index contributed by atoms with van der Waals surface area (Å²) in [6.07, 6.45) is 0. The number of ether oxygens (including phenoxy) is 1. The Morgan fingerprint density at radius 2 is 1.94 bits per heavy atom. The molecule has 0 spiro atoms. The lowest BCUT2D eigenvalue weighted by Gasteiger charge is -2.22. The van der Waals surface area contributed by atoms with Gasteiger partial charge in [-0.25, -0.2) is 10.4 Å². The van der Waals surface area contributed by atoms with E-state index in [9.17, 15) is 14.7 Å². The van der Waals surface area contributed by atoms with E-state index in [1.165, 1.54) is 29.5 Å². The van der Waals surface area contributed by atoms with Crippen LogP contribution in [0.15, 0.2) is 52.0 Å². The Bertz CT molecular complexity index is 1490. The number of thiazole rings is 1. The number of aromatic hydroxyl groups is 1. The third-order valence-corrected chi connectivity index (χ3v) is 5.70. The van der Waals surface area contributed by atoms with E-state index in [0.29, 0.717) is 27.0 Å². The number of anilines is 1. The first-order valence-electron chi connectivity index (χ1n) is 10.9. The topological polar surface area (TPSA) is 126 Å². The van der Waals surface area contributed by atoms with Crippen LogP contribution in [0.4, 0.5) is 5.13 Å². The Hall–Kier alpha value is -3.67. The van der Waals surface area contributed by atoms with Crippen molar-refractivity contribution in [3.8, 4) is 11.5 Å². The normalized spacial score (nSPS) is 11.8. The van der Waals surface area contributed by atoms with Crippen LogP contribution in [0.25, 0.3) is 21.2 Å². The van der Waals surface area contributed by atoms with Crippen LogP contribution in [0.1, 0.15) is 17.5 Å². The summed E-state index contributed by atoms with van der Waals surface area (Å²) < 4.78 is 12.6. The van der Waals surface area contributed by atoms with Gasteiger partial charge in [0.1, 0.15) is 17.1 Å². The maximum absolute atomic E-state index is 13.0. The fourth-order valence-electron chi connectivity index (χ4n) is 3.32. The number of likely N-dealkylation sites (N-methyl/N-ethyl adjacent to an activating group) is 1. The fourth-order valence-corrected chi connectivity index (χ4v) is 4.21. The minimum atomic E-state index is -0.548. The molecular formula is C24H26ClN5O5S. The molecule has 4 rings (SSSR count). The van der Waals surface area contributed by atoms with E-state index < -0.39 is 5.91 Å². The Labute approximate surface area is 217 Å². The molecule has 0 aliphatic heterocycles. The van der Waals surface area contributed by atoms with Gasteiger partial charge in [0.15, 0.2) is 17.4 Å². The summed E-state index contributed by atoms with van der Waals surface area (Å²) in [7, 11) is 5.67. The quantitative estimate of drug-likeness (QED) is 0.228. The molecular weight excluding hydrogens is 506 g/mol. The second kappa shape index (κ2) is 10.9. The van der Waals surface area contributed by atoms with Crippen LogP contribution in [0.2, 0.25) is 0 Å². The number of benzene rings is 2. The van der Waals surface area contributed by atoms with Crippen LogP contribution in [0.3, 0.4) is 0 Å². The van der Waals surface area contributed by atoms with Crippen LogP contribution < -0.4 is 33.2 Å². The summed E-state index contributed by atoms with van der Waals surface area (Å²) in [6.45, 7) is 2.68. The number of aromatic nitrogens is 1. The average Bonchev–Trinajstić information content (AvgIpc) is 3.17. The van der Waals surface area contributed by atoms with Crippen molar-refractivity contribution >= 4 is 49.5 Å². The molecule has 0 saturated heterocycles. The molecule has 0 saturated carbocycles. The van der Waals surface area contributed by atoms with E-state index in [1.807, 2.05) is 46.3 Å². The maximum atomic E-state index is 13.0. The van der Waals surface area contributed by atoms with Crippen molar-refractivity contribution in [2.24, 2.45) is 5.10 Å². The molecule has 2 aromatic carbocycles. The number of quaternary nitrogens is 1. The van der Waals surface area contributed by atoms with Crippen LogP contribution >= 0.6 is 11.3 Å². The average molecular weight is 532 g/mol. The van der Waals surface area contributed by atoms with Gasteiger partial charge in [0.2, 0.25) is 0 Å². The van der Waals surface area contributed by atoms with Crippen molar-refractivity contribution in [1.82, 2.24) is 10.4 Å². The number of nitrogens with one attached hydrogen (secondary N) is 2. The molecule has 2 aromatic heterocycles. The number of fused-ring (bicyclic) bond motifs is 2. The van der Waals surface area contributed by atoms with Crippen LogP contribution in [0, 0.1) is 0 Å². The molecule has 3 N–H and O–H groups in total. The summed E-state index contributed by atoms with van der Waals surface area (Å²) in [5.41, 5.74) is 3.49. The fraction of sp³-hybridized carbons (Fsp3) is 0.250. The Kier molecular flexibility index (Phi) is 8.18. The zero-order valence-corrected chi connectivity index (χ0v) is 21.7. The first-order chi connectivity index (χ1) is 16.6. The van der Waals surface area contributed by atoms with Gasteiger partial charge >= 0.3 is 0 Å². The number of hydrogen-bond donors (Lipinski definition) is 3. The lowest BCUT2D eigenvalue weighted by atomic mass is 10.2. The molecule has 0 fully saturated rings. The smallest absolute Gasteiger partial charge is 0.295 e. The minimum absolute atomic E-state index is 0. The lowest BCUT2D eigenvalue weighted by molar-refractivity contribution is -0.862. The Morgan fingerprint density at radius 3 is 2.67 bits per heavy atom. The first kappa shape index (κ1) is 26.9.